The molecule has 0 aliphatic heterocycles. The first kappa shape index (κ1) is 14.5. The van der Waals surface area contributed by atoms with Gasteiger partial charge in [0.25, 0.3) is 0 Å². The third kappa shape index (κ3) is 2.82. The fraction of sp³-hybridized carbons (Fsp3) is 0.0625. The first-order valence-electron chi connectivity index (χ1n) is 6.69. The maximum absolute atomic E-state index is 14.1. The van der Waals surface area contributed by atoms with E-state index in [1.807, 2.05) is 6.07 Å². The molecule has 0 bridgehead atoms. The Labute approximate surface area is 130 Å². The largest absolute Gasteiger partial charge is 0.453 e. The molecule has 7 heteroatoms. The van der Waals surface area contributed by atoms with Gasteiger partial charge >= 0.3 is 0 Å². The third-order valence-electron chi connectivity index (χ3n) is 3.13. The molecule has 1 aromatic carbocycles. The molecule has 23 heavy (non-hydrogen) atoms. The number of nitriles is 1. The van der Waals surface area contributed by atoms with Crippen molar-refractivity contribution in [3.8, 4) is 17.6 Å². The predicted octanol–water partition coefficient (Wildman–Crippen LogP) is 3.32. The predicted molar refractivity (Wildman–Crippen MR) is 81.6 cm³/mol. The zero-order valence-electron chi connectivity index (χ0n) is 12.1. The van der Waals surface area contributed by atoms with Crippen LogP contribution in [0.3, 0.4) is 0 Å². The van der Waals surface area contributed by atoms with Gasteiger partial charge in [0.05, 0.1) is 10.9 Å². The smallest absolute Gasteiger partial charge is 0.221 e. The molecule has 0 unspecified atom stereocenters. The SMILES string of the molecule is CC(=O)Nc1ccc(Oc2ccnc3[nH]cc(C#N)c23)c(F)c1. The van der Waals surface area contributed by atoms with Crippen LogP contribution in [0.5, 0.6) is 11.5 Å². The quantitative estimate of drug-likeness (QED) is 0.776. The van der Waals surface area contributed by atoms with Crippen molar-refractivity contribution >= 4 is 22.6 Å². The second kappa shape index (κ2) is 5.77. The highest BCUT2D eigenvalue weighted by Gasteiger charge is 2.13. The van der Waals surface area contributed by atoms with Gasteiger partial charge < -0.3 is 15.0 Å². The molecular weight excluding hydrogens is 299 g/mol. The monoisotopic (exact) mass is 310 g/mol. The number of anilines is 1. The minimum atomic E-state index is -0.629. The molecule has 0 aliphatic carbocycles. The average Bonchev–Trinajstić information content (AvgIpc) is 2.93. The van der Waals surface area contributed by atoms with Crippen LogP contribution in [-0.4, -0.2) is 15.9 Å². The number of H-pyrrole nitrogens is 1. The van der Waals surface area contributed by atoms with Gasteiger partial charge in [0.1, 0.15) is 17.5 Å². The van der Waals surface area contributed by atoms with E-state index in [0.717, 1.165) is 6.07 Å². The van der Waals surface area contributed by atoms with Crippen molar-refractivity contribution in [1.29, 1.82) is 5.26 Å². The Bertz CT molecular complexity index is 943. The number of rotatable bonds is 3. The molecule has 3 aromatic rings. The highest BCUT2D eigenvalue weighted by molar-refractivity contribution is 5.89. The van der Waals surface area contributed by atoms with Gasteiger partial charge in [0, 0.05) is 31.1 Å². The first-order valence-corrected chi connectivity index (χ1v) is 6.69. The maximum Gasteiger partial charge on any atom is 0.221 e. The standard InChI is InChI=1S/C16H11FN4O2/c1-9(22)21-11-2-3-13(12(17)6-11)23-14-4-5-19-16-15(14)10(7-18)8-20-16/h2-6,8H,1H3,(H,19,20)(H,21,22). The molecule has 6 nitrogen and oxygen atoms in total. The number of nitrogens with zero attached hydrogens (tertiary/aromatic N) is 2. The van der Waals surface area contributed by atoms with E-state index in [2.05, 4.69) is 15.3 Å². The Morgan fingerprint density at radius 1 is 1.39 bits per heavy atom. The highest BCUT2D eigenvalue weighted by atomic mass is 19.1. The van der Waals surface area contributed by atoms with E-state index >= 15 is 0 Å². The molecule has 2 N–H and O–H groups in total. The lowest BCUT2D eigenvalue weighted by Crippen LogP contribution is -2.05. The van der Waals surface area contributed by atoms with Crippen LogP contribution in [0.25, 0.3) is 11.0 Å². The molecule has 2 heterocycles. The summed E-state index contributed by atoms with van der Waals surface area (Å²) in [5.41, 5.74) is 1.18. The van der Waals surface area contributed by atoms with Crippen LogP contribution in [0.15, 0.2) is 36.7 Å². The average molecular weight is 310 g/mol. The third-order valence-corrected chi connectivity index (χ3v) is 3.13. The van der Waals surface area contributed by atoms with Crippen LogP contribution in [-0.2, 0) is 4.79 Å². The Morgan fingerprint density at radius 2 is 2.22 bits per heavy atom. The van der Waals surface area contributed by atoms with Crippen LogP contribution >= 0.6 is 0 Å². The van der Waals surface area contributed by atoms with E-state index < -0.39 is 5.82 Å². The Hall–Kier alpha value is -3.40. The lowest BCUT2D eigenvalue weighted by atomic mass is 10.2. The second-order valence-electron chi connectivity index (χ2n) is 4.78. The summed E-state index contributed by atoms with van der Waals surface area (Å²) in [6.45, 7) is 1.34. The summed E-state index contributed by atoms with van der Waals surface area (Å²) in [5.74, 6) is -0.620. The molecule has 0 spiro atoms. The minimum absolute atomic E-state index is 0.0170. The first-order chi connectivity index (χ1) is 11.1. The summed E-state index contributed by atoms with van der Waals surface area (Å²) in [7, 11) is 0. The molecule has 3 rings (SSSR count). The van der Waals surface area contributed by atoms with Gasteiger partial charge in [-0.2, -0.15) is 5.26 Å². The number of aromatic amines is 1. The van der Waals surface area contributed by atoms with Crippen LogP contribution in [0.4, 0.5) is 10.1 Å². The summed E-state index contributed by atoms with van der Waals surface area (Å²) in [5, 5.41) is 12.1. The lowest BCUT2D eigenvalue weighted by molar-refractivity contribution is -0.114. The Kier molecular flexibility index (Phi) is 3.65. The Balaban J connectivity index is 1.98. The van der Waals surface area contributed by atoms with Gasteiger partial charge in [0.2, 0.25) is 5.91 Å². The molecule has 0 aliphatic rings. The Morgan fingerprint density at radius 3 is 2.91 bits per heavy atom. The van der Waals surface area contributed by atoms with Gasteiger partial charge in [-0.1, -0.05) is 0 Å². The zero-order valence-corrected chi connectivity index (χ0v) is 12.1. The van der Waals surface area contributed by atoms with Crippen molar-refractivity contribution in [1.82, 2.24) is 9.97 Å². The van der Waals surface area contributed by atoms with Crippen molar-refractivity contribution in [3.05, 3.63) is 48.0 Å². The molecule has 0 saturated heterocycles. The van der Waals surface area contributed by atoms with Gasteiger partial charge in [-0.3, -0.25) is 4.79 Å². The van der Waals surface area contributed by atoms with E-state index in [-0.39, 0.29) is 11.7 Å². The number of nitrogens with one attached hydrogen (secondary N) is 2. The second-order valence-corrected chi connectivity index (χ2v) is 4.78. The van der Waals surface area contributed by atoms with Crippen molar-refractivity contribution in [2.45, 2.75) is 6.92 Å². The number of hydrogen-bond acceptors (Lipinski definition) is 4. The summed E-state index contributed by atoms with van der Waals surface area (Å²) in [6.07, 6.45) is 3.01. The van der Waals surface area contributed by atoms with Crippen LogP contribution in [0.2, 0.25) is 0 Å². The number of carbonyl (C=O) groups is 1. The fourth-order valence-electron chi connectivity index (χ4n) is 2.18. The van der Waals surface area contributed by atoms with Crippen molar-refractivity contribution in [3.63, 3.8) is 0 Å². The molecule has 1 amide bonds. The molecule has 0 radical (unpaired) electrons. The lowest BCUT2D eigenvalue weighted by Gasteiger charge is -2.09. The number of fused-ring (bicyclic) bond motifs is 1. The van der Waals surface area contributed by atoms with Gasteiger partial charge in [-0.05, 0) is 18.2 Å². The number of benzene rings is 1. The number of pyridine rings is 1. The summed E-state index contributed by atoms with van der Waals surface area (Å²) >= 11 is 0. The molecule has 114 valence electrons. The maximum atomic E-state index is 14.1. The molecule has 2 aromatic heterocycles. The number of carbonyl (C=O) groups excluding carboxylic acids is 1. The van der Waals surface area contributed by atoms with Crippen molar-refractivity contribution in [2.75, 3.05) is 5.32 Å². The van der Waals surface area contributed by atoms with Gasteiger partial charge in [0.15, 0.2) is 11.6 Å². The summed E-state index contributed by atoms with van der Waals surface area (Å²) in [4.78, 5) is 17.9. The van der Waals surface area contributed by atoms with E-state index in [1.165, 1.54) is 31.5 Å². The summed E-state index contributed by atoms with van der Waals surface area (Å²) < 4.78 is 19.7. The van der Waals surface area contributed by atoms with Crippen molar-refractivity contribution in [2.24, 2.45) is 0 Å². The van der Waals surface area contributed by atoms with Gasteiger partial charge in [-0.25, -0.2) is 9.37 Å². The highest BCUT2D eigenvalue weighted by Crippen LogP contribution is 2.32. The molecular formula is C16H11FN4O2. The topological polar surface area (TPSA) is 90.8 Å². The van der Waals surface area contributed by atoms with E-state index in [4.69, 9.17) is 10.00 Å². The van der Waals surface area contributed by atoms with Gasteiger partial charge in [-0.15, -0.1) is 0 Å². The number of halogens is 1. The minimum Gasteiger partial charge on any atom is -0.453 e. The number of amides is 1. The number of aromatic nitrogens is 2. The van der Waals surface area contributed by atoms with Crippen LogP contribution in [0, 0.1) is 17.1 Å². The zero-order chi connectivity index (χ0) is 16.4. The van der Waals surface area contributed by atoms with E-state index in [1.54, 1.807) is 6.07 Å². The fourth-order valence-corrected chi connectivity index (χ4v) is 2.18. The van der Waals surface area contributed by atoms with E-state index in [9.17, 15) is 9.18 Å². The summed E-state index contributed by atoms with van der Waals surface area (Å²) in [6, 6.07) is 7.68. The number of hydrogen-bond donors (Lipinski definition) is 2. The van der Waals surface area contributed by atoms with Crippen LogP contribution in [0.1, 0.15) is 12.5 Å². The van der Waals surface area contributed by atoms with Crippen LogP contribution < -0.4 is 10.1 Å². The molecule has 0 atom stereocenters. The molecule has 0 saturated carbocycles. The molecule has 0 fully saturated rings. The number of ether oxygens (including phenoxy) is 1. The van der Waals surface area contributed by atoms with Crippen molar-refractivity contribution < 1.29 is 13.9 Å². The van der Waals surface area contributed by atoms with E-state index in [0.29, 0.717) is 28.0 Å². The normalized spacial score (nSPS) is 10.3.